The van der Waals surface area contributed by atoms with Gasteiger partial charge in [-0.05, 0) is 78.3 Å². The molecule has 0 aliphatic carbocycles. The maximum Gasteiger partial charge on any atom is 0.296 e. The third kappa shape index (κ3) is 15.3. The van der Waals surface area contributed by atoms with Crippen LogP contribution in [-0.4, -0.2) is 98.1 Å². The number of sulfone groups is 2. The number of aromatic nitrogens is 3. The summed E-state index contributed by atoms with van der Waals surface area (Å²) < 4.78 is 137. The van der Waals surface area contributed by atoms with Gasteiger partial charge in [0.05, 0.1) is 40.2 Å². The lowest BCUT2D eigenvalue weighted by atomic mass is 10.2. The quantitative estimate of drug-likeness (QED) is 0.00651. The van der Waals surface area contributed by atoms with Gasteiger partial charge in [0.25, 0.3) is 20.2 Å². The normalized spacial score (nSPS) is 12.6. The van der Waals surface area contributed by atoms with Gasteiger partial charge in [0, 0.05) is 17.4 Å². The molecule has 0 bridgehead atoms. The van der Waals surface area contributed by atoms with Crippen LogP contribution in [0.1, 0.15) is 0 Å². The smallest absolute Gasteiger partial charge is 0.296 e. The molecule has 0 amide bonds. The molecule has 29 nitrogen and oxygen atoms in total. The third-order valence-corrected chi connectivity index (χ3v) is 14.0. The molecule has 5 aromatic rings. The summed E-state index contributed by atoms with van der Waals surface area (Å²) in [6, 6.07) is 13.0. The minimum absolute atomic E-state index is 0.0543. The molecule has 0 saturated heterocycles. The van der Waals surface area contributed by atoms with E-state index < -0.39 is 95.5 Å². The summed E-state index contributed by atoms with van der Waals surface area (Å²) in [7, 11) is -18.1. The molecule has 36 heteroatoms. The molecule has 0 fully saturated rings. The van der Waals surface area contributed by atoms with Crippen LogP contribution in [0.2, 0.25) is 5.28 Å². The van der Waals surface area contributed by atoms with Crippen LogP contribution in [0.3, 0.4) is 0 Å². The average Bonchev–Trinajstić information content (AvgIpc) is 3.25. The number of anilines is 5. The number of phenolic OH excluding ortho intramolecular Hbond substituents is 1. The Bertz CT molecular complexity index is 3100. The van der Waals surface area contributed by atoms with Crippen molar-refractivity contribution in [3.63, 3.8) is 0 Å². The first-order chi connectivity index (χ1) is 31.6. The Morgan fingerprint density at radius 2 is 1.10 bits per heavy atom. The number of nitrogens with zero attached hydrogens (tertiary/aromatic N) is 7. The Kier molecular flexibility index (Phi) is 18.2. The van der Waals surface area contributed by atoms with E-state index in [-0.39, 0.29) is 70.4 Å². The Morgan fingerprint density at radius 1 is 0.597 bits per heavy atom. The monoisotopic (exact) mass is 1070 g/mol. The summed E-state index contributed by atoms with van der Waals surface area (Å²) in [6.45, 7) is -0.809. The van der Waals surface area contributed by atoms with Crippen molar-refractivity contribution >= 4 is 128 Å². The topological polar surface area (TPSA) is 431 Å². The van der Waals surface area contributed by atoms with Crippen molar-refractivity contribution in [1.29, 1.82) is 0 Å². The number of hydrogen-bond acceptors (Lipinski definition) is 29. The minimum atomic E-state index is -5.14. The number of nitrogens with two attached hydrogens (primary N) is 1. The summed E-state index contributed by atoms with van der Waals surface area (Å²) in [5.74, 6) is -2.11. The second-order valence-electron chi connectivity index (χ2n) is 12.3. The summed E-state index contributed by atoms with van der Waals surface area (Å²) in [5.41, 5.74) is 4.33. The van der Waals surface area contributed by atoms with Gasteiger partial charge >= 0.3 is 0 Å². The molecule has 0 atom stereocenters. The zero-order chi connectivity index (χ0) is 49.0. The predicted octanol–water partition coefficient (Wildman–Crippen LogP) is 6.17. The van der Waals surface area contributed by atoms with E-state index in [2.05, 4.69) is 64.8 Å². The number of hydrogen-bond donors (Lipinski definition) is 8. The van der Waals surface area contributed by atoms with E-state index in [9.17, 15) is 47.9 Å². The Hall–Kier alpha value is -5.32. The highest BCUT2D eigenvalue weighted by molar-refractivity contribution is 7.92. The van der Waals surface area contributed by atoms with Gasteiger partial charge in [0.15, 0.2) is 44.3 Å². The van der Waals surface area contributed by atoms with Gasteiger partial charge in [0.1, 0.15) is 38.3 Å². The SMILES string of the molecule is Nc1cc(O)c(/N=N/c2ccc(S(=O)(=O)CCOSOOO)cc2S(=O)(=O)O)cc1/N=N/c1cc(Nc2nc(Cl)nc(Nc3ccc(S(=O)(=O)CCOSOOO)cc3)n2)ccc1S(=O)(=O)O. The molecule has 0 aliphatic rings. The Balaban J connectivity index is 1.36. The fraction of sp³-hybridized carbons (Fsp3) is 0.129. The lowest BCUT2D eigenvalue weighted by Gasteiger charge is -2.10. The highest BCUT2D eigenvalue weighted by Crippen LogP contribution is 2.39. The molecule has 0 spiro atoms. The van der Waals surface area contributed by atoms with Crippen LogP contribution in [0.5, 0.6) is 5.75 Å². The van der Waals surface area contributed by atoms with E-state index in [1.165, 1.54) is 30.3 Å². The fourth-order valence-corrected chi connectivity index (χ4v) is 9.28. The second kappa shape index (κ2) is 23.1. The van der Waals surface area contributed by atoms with E-state index in [0.717, 1.165) is 36.4 Å². The van der Waals surface area contributed by atoms with E-state index in [1.54, 1.807) is 0 Å². The number of nitrogen functional groups attached to an aromatic ring is 1. The van der Waals surface area contributed by atoms with Crippen LogP contribution >= 0.6 is 36.2 Å². The Labute approximate surface area is 391 Å². The molecule has 5 rings (SSSR count). The summed E-state index contributed by atoms with van der Waals surface area (Å²) in [6.07, 6.45) is 0. The summed E-state index contributed by atoms with van der Waals surface area (Å²) >= 11 is 6.45. The first-order valence-electron chi connectivity index (χ1n) is 17.3. The molecule has 0 radical (unpaired) electrons. The zero-order valence-corrected chi connectivity index (χ0v) is 38.4. The molecule has 360 valence electrons. The van der Waals surface area contributed by atoms with Crippen LogP contribution in [0.25, 0.3) is 0 Å². The predicted molar refractivity (Wildman–Crippen MR) is 232 cm³/mol. The Morgan fingerprint density at radius 3 is 1.69 bits per heavy atom. The van der Waals surface area contributed by atoms with E-state index >= 15 is 0 Å². The van der Waals surface area contributed by atoms with Crippen LogP contribution < -0.4 is 16.4 Å². The third-order valence-electron chi connectivity index (χ3n) is 7.88. The molecule has 4 aromatic carbocycles. The minimum Gasteiger partial charge on any atom is -0.506 e. The molecule has 1 heterocycles. The zero-order valence-electron chi connectivity index (χ0n) is 32.7. The van der Waals surface area contributed by atoms with Crippen molar-refractivity contribution in [3.8, 4) is 5.75 Å². The molecule has 0 unspecified atom stereocenters. The first kappa shape index (κ1) is 52.6. The van der Waals surface area contributed by atoms with Crippen molar-refractivity contribution in [2.75, 3.05) is 41.1 Å². The molecule has 67 heavy (non-hydrogen) atoms. The van der Waals surface area contributed by atoms with Gasteiger partial charge in [-0.15, -0.1) is 29.1 Å². The fourth-order valence-electron chi connectivity index (χ4n) is 4.95. The van der Waals surface area contributed by atoms with Gasteiger partial charge in [-0.25, -0.2) is 27.4 Å². The molecular formula is C31H29ClN10O19S6. The number of halogens is 1. The van der Waals surface area contributed by atoms with Crippen LogP contribution in [0, 0.1) is 0 Å². The molecule has 1 aromatic heterocycles. The lowest BCUT2D eigenvalue weighted by Crippen LogP contribution is -2.12. The number of benzene rings is 4. The van der Waals surface area contributed by atoms with Crippen LogP contribution in [0.4, 0.5) is 51.7 Å². The number of aromatic hydroxyl groups is 1. The van der Waals surface area contributed by atoms with Crippen molar-refractivity contribution in [2.45, 2.75) is 19.6 Å². The summed E-state index contributed by atoms with van der Waals surface area (Å²) in [4.78, 5) is 9.78. The number of rotatable bonds is 24. The number of phenols is 1. The van der Waals surface area contributed by atoms with Crippen molar-refractivity contribution in [1.82, 2.24) is 15.0 Å². The van der Waals surface area contributed by atoms with Gasteiger partial charge in [-0.1, -0.05) is 10.1 Å². The maximum atomic E-state index is 12.7. The molecular weight excluding hydrogens is 1040 g/mol. The molecule has 9 N–H and O–H groups in total. The van der Waals surface area contributed by atoms with Crippen LogP contribution in [-0.2, 0) is 67.0 Å². The molecule has 0 saturated carbocycles. The summed E-state index contributed by atoms with van der Waals surface area (Å²) in [5, 5.41) is 53.9. The first-order valence-corrected chi connectivity index (χ1v) is 25.2. The second-order valence-corrected chi connectivity index (χ2v) is 20.6. The lowest BCUT2D eigenvalue weighted by molar-refractivity contribution is -0.434. The van der Waals surface area contributed by atoms with Gasteiger partial charge in [0.2, 0.25) is 17.2 Å². The van der Waals surface area contributed by atoms with E-state index in [1.807, 2.05) is 0 Å². The van der Waals surface area contributed by atoms with Crippen molar-refractivity contribution in [2.24, 2.45) is 20.5 Å². The molecule has 0 aliphatic heterocycles. The van der Waals surface area contributed by atoms with Crippen molar-refractivity contribution < 1.29 is 85.5 Å². The van der Waals surface area contributed by atoms with Gasteiger partial charge in [-0.3, -0.25) is 17.5 Å². The van der Waals surface area contributed by atoms with E-state index in [0.29, 0.717) is 11.8 Å². The number of azo groups is 2. The van der Waals surface area contributed by atoms with Gasteiger partial charge < -0.3 is 21.5 Å². The van der Waals surface area contributed by atoms with Gasteiger partial charge in [-0.2, -0.15) is 31.8 Å². The average molecular weight is 1070 g/mol. The number of nitrogens with one attached hydrogen (secondary N) is 2. The maximum absolute atomic E-state index is 12.7. The highest BCUT2D eigenvalue weighted by atomic mass is 35.5. The standard InChI is InChI=1S/C31H29ClN10O19S6/c32-29-36-30(34-17-1-4-19(5-2-17)64(46,47)11-9-56-62-60-58-44)38-31(37-29)35-18-3-8-27(66(50,51)52)25(13-18)42-40-23-16-24(26(43)15-21(23)33)41-39-22-7-6-20(14-28(22)67(53,54)55)65(48,49)12-10-57-63-61-59-45/h1-8,13-16,43-45H,9-12,33H2,(H,50,51,52)(H,53,54,55)(H2,34,35,36,37,38)/b41-39+,42-40+. The van der Waals surface area contributed by atoms with Crippen LogP contribution in [0.15, 0.2) is 113 Å². The largest absolute Gasteiger partial charge is 0.506 e. The highest BCUT2D eigenvalue weighted by Gasteiger charge is 2.23. The van der Waals surface area contributed by atoms with Crippen molar-refractivity contribution in [3.05, 3.63) is 78.1 Å². The van der Waals surface area contributed by atoms with E-state index in [4.69, 9.17) is 36.2 Å².